The van der Waals surface area contributed by atoms with Gasteiger partial charge in [-0.2, -0.15) is 0 Å². The molecule has 2 heterocycles. The molecule has 0 bridgehead atoms. The monoisotopic (exact) mass is 245 g/mol. The van der Waals surface area contributed by atoms with Crippen LogP contribution in [0.25, 0.3) is 11.0 Å². The Morgan fingerprint density at radius 3 is 3.18 bits per heavy atom. The second-order valence-electron chi connectivity index (χ2n) is 3.68. The predicted molar refractivity (Wildman–Crippen MR) is 69.9 cm³/mol. The number of hydrogen-bond acceptors (Lipinski definition) is 5. The fourth-order valence-corrected chi connectivity index (χ4v) is 2.15. The Balaban J connectivity index is 1.81. The molecule has 0 atom stereocenters. The van der Waals surface area contributed by atoms with Gasteiger partial charge in [0, 0.05) is 16.8 Å². The first kappa shape index (κ1) is 10.1. The van der Waals surface area contributed by atoms with E-state index in [1.165, 1.54) is 4.88 Å². The minimum atomic E-state index is 0.722. The van der Waals surface area contributed by atoms with Crippen molar-refractivity contribution in [2.75, 3.05) is 11.1 Å². The van der Waals surface area contributed by atoms with Gasteiger partial charge in [-0.05, 0) is 18.2 Å². The molecule has 17 heavy (non-hydrogen) atoms. The summed E-state index contributed by atoms with van der Waals surface area (Å²) in [5.74, 6) is 0.749. The first-order chi connectivity index (χ1) is 8.31. The van der Waals surface area contributed by atoms with Crippen LogP contribution in [-0.4, -0.2) is 15.0 Å². The van der Waals surface area contributed by atoms with Crippen LogP contribution < -0.4 is 11.1 Å². The van der Waals surface area contributed by atoms with E-state index in [1.807, 2.05) is 29.9 Å². The molecule has 0 radical (unpaired) electrons. The van der Waals surface area contributed by atoms with Crippen molar-refractivity contribution < 1.29 is 0 Å². The lowest BCUT2D eigenvalue weighted by molar-refractivity contribution is 1.12. The van der Waals surface area contributed by atoms with E-state index in [0.29, 0.717) is 0 Å². The van der Waals surface area contributed by atoms with Gasteiger partial charge in [0.15, 0.2) is 0 Å². The third kappa shape index (κ3) is 2.07. The van der Waals surface area contributed by atoms with Crippen LogP contribution >= 0.6 is 11.3 Å². The molecule has 0 saturated carbocycles. The topological polar surface area (TPSA) is 79.6 Å². The minimum absolute atomic E-state index is 0.722. The third-order valence-corrected chi connectivity index (χ3v) is 3.20. The molecule has 6 heteroatoms. The van der Waals surface area contributed by atoms with Crippen molar-refractivity contribution in [3.8, 4) is 0 Å². The van der Waals surface area contributed by atoms with E-state index < -0.39 is 0 Å². The summed E-state index contributed by atoms with van der Waals surface area (Å²) in [6.45, 7) is 0.722. The van der Waals surface area contributed by atoms with Crippen LogP contribution in [0.2, 0.25) is 0 Å². The molecule has 0 unspecified atom stereocenters. The summed E-state index contributed by atoms with van der Waals surface area (Å²) in [6.07, 6.45) is 1.85. The highest BCUT2D eigenvalue weighted by Gasteiger charge is 2.02. The van der Waals surface area contributed by atoms with E-state index in [0.717, 1.165) is 29.2 Å². The molecule has 0 saturated heterocycles. The fourth-order valence-electron chi connectivity index (χ4n) is 1.61. The number of nitrogens with two attached hydrogens (primary N) is 1. The smallest absolute Gasteiger partial charge is 0.201 e. The van der Waals surface area contributed by atoms with Gasteiger partial charge in [-0.3, -0.25) is 4.98 Å². The molecule has 1 aromatic carbocycles. The summed E-state index contributed by atoms with van der Waals surface area (Å²) in [5.41, 5.74) is 10.1. The molecular weight excluding hydrogens is 234 g/mol. The highest BCUT2D eigenvalue weighted by molar-refractivity contribution is 7.09. The fraction of sp³-hybridized carbons (Fsp3) is 0.0909. The van der Waals surface area contributed by atoms with Gasteiger partial charge in [0.1, 0.15) is 0 Å². The Bertz CT molecular complexity index is 628. The Morgan fingerprint density at radius 2 is 2.35 bits per heavy atom. The molecule has 0 amide bonds. The number of anilines is 2. The lowest BCUT2D eigenvalue weighted by Crippen LogP contribution is -1.98. The third-order valence-electron chi connectivity index (χ3n) is 2.42. The van der Waals surface area contributed by atoms with Crippen LogP contribution in [0.1, 0.15) is 4.88 Å². The summed E-state index contributed by atoms with van der Waals surface area (Å²) in [5, 5.41) is 3.22. The lowest BCUT2D eigenvalue weighted by atomic mass is 10.3. The number of nitrogens with one attached hydrogen (secondary N) is 2. The molecule has 4 N–H and O–H groups in total. The van der Waals surface area contributed by atoms with Crippen molar-refractivity contribution in [3.63, 3.8) is 0 Å². The number of imidazole rings is 1. The number of benzene rings is 1. The van der Waals surface area contributed by atoms with Gasteiger partial charge in [0.05, 0.1) is 23.1 Å². The maximum atomic E-state index is 5.71. The van der Waals surface area contributed by atoms with E-state index in [9.17, 15) is 0 Å². The molecule has 5 nitrogen and oxygen atoms in total. The average Bonchev–Trinajstić information content (AvgIpc) is 2.94. The van der Waals surface area contributed by atoms with Crippen molar-refractivity contribution in [2.45, 2.75) is 6.54 Å². The molecule has 2 aromatic heterocycles. The number of hydrogen-bond donors (Lipinski definition) is 3. The molecule has 3 aromatic rings. The highest BCUT2D eigenvalue weighted by atomic mass is 32.1. The summed E-state index contributed by atoms with van der Waals surface area (Å²) in [7, 11) is 0. The molecule has 0 aliphatic heterocycles. The Morgan fingerprint density at radius 1 is 1.41 bits per heavy atom. The van der Waals surface area contributed by atoms with Crippen molar-refractivity contribution in [2.24, 2.45) is 0 Å². The van der Waals surface area contributed by atoms with Crippen LogP contribution in [0.4, 0.5) is 11.6 Å². The van der Waals surface area contributed by atoms with Gasteiger partial charge >= 0.3 is 0 Å². The van der Waals surface area contributed by atoms with Crippen LogP contribution in [0, 0.1) is 0 Å². The van der Waals surface area contributed by atoms with Gasteiger partial charge < -0.3 is 16.0 Å². The normalized spacial score (nSPS) is 10.8. The predicted octanol–water partition coefficient (Wildman–Crippen LogP) is 2.21. The second-order valence-corrected chi connectivity index (χ2v) is 4.65. The first-order valence-corrected chi connectivity index (χ1v) is 6.06. The van der Waals surface area contributed by atoms with Crippen LogP contribution in [0.15, 0.2) is 29.9 Å². The molecule has 0 fully saturated rings. The maximum Gasteiger partial charge on any atom is 0.201 e. The zero-order valence-electron chi connectivity index (χ0n) is 8.97. The molecule has 3 rings (SSSR count). The van der Waals surface area contributed by atoms with Crippen LogP contribution in [0.5, 0.6) is 0 Å². The summed E-state index contributed by atoms with van der Waals surface area (Å²) in [4.78, 5) is 12.8. The summed E-state index contributed by atoms with van der Waals surface area (Å²) < 4.78 is 0. The van der Waals surface area contributed by atoms with Gasteiger partial charge in [0.25, 0.3) is 0 Å². The SMILES string of the molecule is Nc1ccc2nc(NCc3cncs3)[nH]c2c1. The van der Waals surface area contributed by atoms with Gasteiger partial charge in [-0.25, -0.2) is 4.98 Å². The number of nitrogen functional groups attached to an aromatic ring is 1. The zero-order chi connectivity index (χ0) is 11.7. The first-order valence-electron chi connectivity index (χ1n) is 5.18. The number of H-pyrrole nitrogens is 1. The molecule has 86 valence electrons. The minimum Gasteiger partial charge on any atom is -0.399 e. The average molecular weight is 245 g/mol. The number of thiazole rings is 1. The zero-order valence-corrected chi connectivity index (χ0v) is 9.79. The van der Waals surface area contributed by atoms with Crippen molar-refractivity contribution in [3.05, 3.63) is 34.8 Å². The number of fused-ring (bicyclic) bond motifs is 1. The van der Waals surface area contributed by atoms with Crippen LogP contribution in [0.3, 0.4) is 0 Å². The number of aromatic nitrogens is 3. The molecule has 0 aliphatic rings. The quantitative estimate of drug-likeness (QED) is 0.618. The van der Waals surface area contributed by atoms with E-state index in [2.05, 4.69) is 20.3 Å². The Hall–Kier alpha value is -2.08. The van der Waals surface area contributed by atoms with Gasteiger partial charge in [-0.1, -0.05) is 0 Å². The molecular formula is C11H11N5S. The lowest BCUT2D eigenvalue weighted by Gasteiger charge is -1.98. The van der Waals surface area contributed by atoms with Crippen molar-refractivity contribution >= 4 is 34.0 Å². The summed E-state index contributed by atoms with van der Waals surface area (Å²) >= 11 is 1.62. The Kier molecular flexibility index (Phi) is 2.41. The van der Waals surface area contributed by atoms with Gasteiger partial charge in [0.2, 0.25) is 5.95 Å². The maximum absolute atomic E-state index is 5.71. The standard InChI is InChI=1S/C11H11N5S/c12-7-1-2-9-10(3-7)16-11(15-9)14-5-8-4-13-6-17-8/h1-4,6H,5,12H2,(H2,14,15,16). The van der Waals surface area contributed by atoms with Crippen molar-refractivity contribution in [1.29, 1.82) is 0 Å². The number of aromatic amines is 1. The number of rotatable bonds is 3. The Labute approximate surface area is 102 Å². The van der Waals surface area contributed by atoms with E-state index in [1.54, 1.807) is 11.3 Å². The van der Waals surface area contributed by atoms with Crippen LogP contribution in [-0.2, 0) is 6.54 Å². The molecule has 0 aliphatic carbocycles. The van der Waals surface area contributed by atoms with E-state index in [4.69, 9.17) is 5.73 Å². The van der Waals surface area contributed by atoms with Gasteiger partial charge in [-0.15, -0.1) is 11.3 Å². The highest BCUT2D eigenvalue weighted by Crippen LogP contribution is 2.17. The van der Waals surface area contributed by atoms with E-state index >= 15 is 0 Å². The van der Waals surface area contributed by atoms with E-state index in [-0.39, 0.29) is 0 Å². The second kappa shape index (κ2) is 4.06. The number of nitrogens with zero attached hydrogens (tertiary/aromatic N) is 2. The summed E-state index contributed by atoms with van der Waals surface area (Å²) in [6, 6.07) is 5.62. The van der Waals surface area contributed by atoms with Crippen molar-refractivity contribution in [1.82, 2.24) is 15.0 Å². The molecule has 0 spiro atoms. The largest absolute Gasteiger partial charge is 0.399 e.